The summed E-state index contributed by atoms with van der Waals surface area (Å²) in [5, 5.41) is 3.22. The van der Waals surface area contributed by atoms with E-state index < -0.39 is 23.8 Å². The van der Waals surface area contributed by atoms with Crippen molar-refractivity contribution in [2.75, 3.05) is 12.8 Å². The highest BCUT2D eigenvalue weighted by Gasteiger charge is 2.38. The fourth-order valence-electron chi connectivity index (χ4n) is 1.75. The maximum absolute atomic E-state index is 12.8. The maximum atomic E-state index is 12.8. The van der Waals surface area contributed by atoms with Gasteiger partial charge in [0, 0.05) is 0 Å². The third-order valence-electron chi connectivity index (χ3n) is 2.60. The summed E-state index contributed by atoms with van der Waals surface area (Å²) in [6.45, 7) is 0. The number of anilines is 1. The van der Waals surface area contributed by atoms with Crippen molar-refractivity contribution in [1.29, 1.82) is 0 Å². The van der Waals surface area contributed by atoms with E-state index in [1.165, 1.54) is 12.1 Å². The summed E-state index contributed by atoms with van der Waals surface area (Å²) in [6, 6.07) is 7.97. The van der Waals surface area contributed by atoms with Crippen LogP contribution in [-0.2, 0) is 11.0 Å². The highest BCUT2D eigenvalue weighted by molar-refractivity contribution is 5.98. The van der Waals surface area contributed by atoms with Gasteiger partial charge in [-0.3, -0.25) is 0 Å². The largest absolute Gasteiger partial charge is 0.506 e. The number of carbonyl (C=O) groups excluding carboxylic acids is 1. The Labute approximate surface area is 111 Å². The lowest BCUT2D eigenvalue weighted by Gasteiger charge is -2.08. The van der Waals surface area contributed by atoms with E-state index in [-0.39, 0.29) is 10.2 Å². The molecule has 0 aliphatic rings. The van der Waals surface area contributed by atoms with E-state index >= 15 is 0 Å². The Bertz CT molecular complexity index is 635. The number of alkyl halides is 3. The number of esters is 1. The molecular weight excluding hydrogens is 275 g/mol. The lowest BCUT2D eigenvalue weighted by molar-refractivity contribution is -0.210. The number of rotatable bonds is 2. The number of ether oxygens (including phenoxy) is 1. The van der Waals surface area contributed by atoms with Crippen LogP contribution in [0, 0.1) is 0 Å². The molecule has 0 fully saturated rings. The summed E-state index contributed by atoms with van der Waals surface area (Å²) in [6.07, 6.45) is -4.82. The molecule has 2 rings (SSSR count). The Balaban J connectivity index is 2.71. The van der Waals surface area contributed by atoms with E-state index in [1.54, 1.807) is 18.2 Å². The van der Waals surface area contributed by atoms with Crippen molar-refractivity contribution < 1.29 is 22.7 Å². The lowest BCUT2D eigenvalue weighted by atomic mass is 10.1. The first-order chi connectivity index (χ1) is 9.36. The number of halogens is 3. The van der Waals surface area contributed by atoms with Crippen molar-refractivity contribution in [1.82, 2.24) is 9.78 Å². The molecule has 2 N–H and O–H groups in total. The molecule has 0 saturated carbocycles. The first-order valence-corrected chi connectivity index (χ1v) is 5.45. The van der Waals surface area contributed by atoms with Gasteiger partial charge in [0.2, 0.25) is 0 Å². The van der Waals surface area contributed by atoms with Gasteiger partial charge in [-0.25, -0.2) is 4.79 Å². The summed E-state index contributed by atoms with van der Waals surface area (Å²) < 4.78 is 42.5. The number of nitrogens with two attached hydrogens (primary N) is 1. The Morgan fingerprint density at radius 2 is 1.90 bits per heavy atom. The maximum Gasteiger partial charge on any atom is 0.506 e. The van der Waals surface area contributed by atoms with Crippen molar-refractivity contribution in [2.24, 2.45) is 0 Å². The average Bonchev–Trinajstić information content (AvgIpc) is 2.76. The van der Waals surface area contributed by atoms with Gasteiger partial charge in [0.25, 0.3) is 0 Å². The molecule has 1 heterocycles. The van der Waals surface area contributed by atoms with Crippen LogP contribution in [0.3, 0.4) is 0 Å². The molecule has 0 bridgehead atoms. The zero-order valence-electron chi connectivity index (χ0n) is 10.3. The van der Waals surface area contributed by atoms with Crippen molar-refractivity contribution >= 4 is 11.8 Å². The molecule has 0 aliphatic carbocycles. The van der Waals surface area contributed by atoms with Gasteiger partial charge >= 0.3 is 12.3 Å². The van der Waals surface area contributed by atoms with Crippen LogP contribution in [0.4, 0.5) is 19.0 Å². The van der Waals surface area contributed by atoms with E-state index in [2.05, 4.69) is 9.84 Å². The van der Waals surface area contributed by atoms with E-state index in [9.17, 15) is 18.0 Å². The Morgan fingerprint density at radius 1 is 1.30 bits per heavy atom. The molecular formula is C12H10F3N3O2. The minimum atomic E-state index is -4.82. The number of benzene rings is 1. The van der Waals surface area contributed by atoms with Crippen molar-refractivity contribution in [3.05, 3.63) is 36.0 Å². The van der Waals surface area contributed by atoms with Crippen LogP contribution in [0.25, 0.3) is 11.1 Å². The summed E-state index contributed by atoms with van der Waals surface area (Å²) in [7, 11) is 1.06. The van der Waals surface area contributed by atoms with Gasteiger partial charge in [0.05, 0.1) is 12.7 Å². The average molecular weight is 285 g/mol. The predicted octanol–water partition coefficient (Wildman–Crippen LogP) is 2.40. The fraction of sp³-hybridized carbons (Fsp3) is 0.167. The predicted molar refractivity (Wildman–Crippen MR) is 64.7 cm³/mol. The zero-order chi connectivity index (χ0) is 14.9. The number of methoxy groups -OCH3 is 1. The Kier molecular flexibility index (Phi) is 3.39. The number of nitrogen functional groups attached to an aromatic ring is 1. The minimum absolute atomic E-state index is 0.102. The van der Waals surface area contributed by atoms with E-state index in [1.807, 2.05) is 0 Å². The third kappa shape index (κ3) is 2.31. The molecule has 0 spiro atoms. The number of hydrogen-bond donors (Lipinski definition) is 1. The smallest absolute Gasteiger partial charge is 0.464 e. The zero-order valence-corrected chi connectivity index (χ0v) is 10.3. The summed E-state index contributed by atoms with van der Waals surface area (Å²) in [5.41, 5.74) is 5.26. The van der Waals surface area contributed by atoms with Crippen molar-refractivity contribution in [2.45, 2.75) is 6.30 Å². The van der Waals surface area contributed by atoms with Gasteiger partial charge < -0.3 is 10.5 Å². The number of aromatic nitrogens is 2. The first-order valence-electron chi connectivity index (χ1n) is 5.45. The second-order valence-electron chi connectivity index (χ2n) is 3.85. The molecule has 106 valence electrons. The minimum Gasteiger partial charge on any atom is -0.464 e. The molecule has 0 atom stereocenters. The van der Waals surface area contributed by atoms with Crippen LogP contribution >= 0.6 is 0 Å². The van der Waals surface area contributed by atoms with E-state index in [0.29, 0.717) is 5.56 Å². The molecule has 20 heavy (non-hydrogen) atoms. The number of hydrogen-bond acceptors (Lipinski definition) is 4. The molecule has 2 aromatic rings. The second-order valence-corrected chi connectivity index (χ2v) is 3.85. The molecule has 0 aliphatic heterocycles. The van der Waals surface area contributed by atoms with Gasteiger partial charge in [-0.2, -0.15) is 9.78 Å². The van der Waals surface area contributed by atoms with Gasteiger partial charge in [-0.15, -0.1) is 13.2 Å². The molecule has 0 unspecified atom stereocenters. The summed E-state index contributed by atoms with van der Waals surface area (Å²) in [4.78, 5) is 11.6. The monoisotopic (exact) mass is 285 g/mol. The molecule has 0 saturated heterocycles. The topological polar surface area (TPSA) is 70.1 Å². The standard InChI is InChI=1S/C12H10F3N3O2/c1-20-11(19)9-8(7-5-3-2-4-6-7)10(16)18(17-9)12(13,14)15/h2-6H,16H2,1H3. The lowest BCUT2D eigenvalue weighted by Crippen LogP contribution is -2.20. The molecule has 1 aromatic heterocycles. The number of carbonyl (C=O) groups is 1. The van der Waals surface area contributed by atoms with Crippen LogP contribution in [0.5, 0.6) is 0 Å². The van der Waals surface area contributed by atoms with Gasteiger partial charge in [0.1, 0.15) is 5.82 Å². The van der Waals surface area contributed by atoms with Gasteiger partial charge in [-0.05, 0) is 5.56 Å². The van der Waals surface area contributed by atoms with Crippen molar-refractivity contribution in [3.63, 3.8) is 0 Å². The highest BCUT2D eigenvalue weighted by Crippen LogP contribution is 2.35. The Hall–Kier alpha value is -2.51. The molecule has 5 nitrogen and oxygen atoms in total. The van der Waals surface area contributed by atoms with Crippen LogP contribution in [-0.4, -0.2) is 22.9 Å². The second kappa shape index (κ2) is 4.87. The normalized spacial score (nSPS) is 11.4. The Morgan fingerprint density at radius 3 is 2.40 bits per heavy atom. The summed E-state index contributed by atoms with van der Waals surface area (Å²) in [5.74, 6) is -1.65. The SMILES string of the molecule is COC(=O)c1nn(C(F)(F)F)c(N)c1-c1ccccc1. The highest BCUT2D eigenvalue weighted by atomic mass is 19.4. The molecule has 0 amide bonds. The third-order valence-corrected chi connectivity index (χ3v) is 2.60. The van der Waals surface area contributed by atoms with E-state index in [0.717, 1.165) is 7.11 Å². The number of nitrogens with zero attached hydrogens (tertiary/aromatic N) is 2. The van der Waals surface area contributed by atoms with Crippen LogP contribution < -0.4 is 5.73 Å². The fourth-order valence-corrected chi connectivity index (χ4v) is 1.75. The van der Waals surface area contributed by atoms with Crippen LogP contribution in [0.2, 0.25) is 0 Å². The quantitative estimate of drug-likeness (QED) is 0.860. The first kappa shape index (κ1) is 13.9. The molecule has 8 heteroatoms. The molecule has 0 radical (unpaired) electrons. The van der Waals surface area contributed by atoms with Gasteiger partial charge in [0.15, 0.2) is 5.69 Å². The van der Waals surface area contributed by atoms with Gasteiger partial charge in [-0.1, -0.05) is 30.3 Å². The molecule has 1 aromatic carbocycles. The van der Waals surface area contributed by atoms with E-state index in [4.69, 9.17) is 5.73 Å². The van der Waals surface area contributed by atoms with Crippen LogP contribution in [0.1, 0.15) is 10.5 Å². The van der Waals surface area contributed by atoms with Crippen molar-refractivity contribution in [3.8, 4) is 11.1 Å². The summed E-state index contributed by atoms with van der Waals surface area (Å²) >= 11 is 0. The van der Waals surface area contributed by atoms with Crippen LogP contribution in [0.15, 0.2) is 30.3 Å².